The molecule has 0 fully saturated rings. The van der Waals surface area contributed by atoms with Crippen molar-refractivity contribution >= 4 is 0 Å². The maximum atomic E-state index is 6.19. The Balaban J connectivity index is 2.30. The van der Waals surface area contributed by atoms with E-state index >= 15 is 0 Å². The maximum Gasteiger partial charge on any atom is 0.125 e. The second kappa shape index (κ2) is 4.22. The van der Waals surface area contributed by atoms with Crippen LogP contribution < -0.4 is 15.2 Å². The third kappa shape index (κ3) is 2.72. The van der Waals surface area contributed by atoms with Crippen LogP contribution in [0.4, 0.5) is 0 Å². The van der Waals surface area contributed by atoms with Crippen molar-refractivity contribution in [3.8, 4) is 11.5 Å². The van der Waals surface area contributed by atoms with E-state index in [2.05, 4.69) is 13.8 Å². The van der Waals surface area contributed by atoms with Gasteiger partial charge in [-0.1, -0.05) is 0 Å². The maximum absolute atomic E-state index is 6.19. The fraction of sp³-hybridized carbons (Fsp3) is 0.571. The van der Waals surface area contributed by atoms with Gasteiger partial charge < -0.3 is 15.2 Å². The van der Waals surface area contributed by atoms with Crippen LogP contribution in [-0.2, 0) is 0 Å². The molecule has 1 aromatic rings. The van der Waals surface area contributed by atoms with Gasteiger partial charge >= 0.3 is 0 Å². The van der Waals surface area contributed by atoms with E-state index in [4.69, 9.17) is 15.2 Å². The summed E-state index contributed by atoms with van der Waals surface area (Å²) < 4.78 is 11.6. The van der Waals surface area contributed by atoms with Crippen LogP contribution in [0.2, 0.25) is 0 Å². The number of rotatable bonds is 2. The summed E-state index contributed by atoms with van der Waals surface area (Å²) >= 11 is 0. The van der Waals surface area contributed by atoms with Crippen molar-refractivity contribution in [2.24, 2.45) is 5.73 Å². The average Bonchev–Trinajstić information content (AvgIpc) is 2.16. The molecule has 3 nitrogen and oxygen atoms in total. The highest BCUT2D eigenvalue weighted by Gasteiger charge is 2.31. The van der Waals surface area contributed by atoms with Gasteiger partial charge in [0.1, 0.15) is 17.1 Å². The lowest BCUT2D eigenvalue weighted by atomic mass is 9.90. The largest absolute Gasteiger partial charge is 0.491 e. The third-order valence-electron chi connectivity index (χ3n) is 2.85. The molecule has 1 atom stereocenters. The molecule has 0 radical (unpaired) electrons. The third-order valence-corrected chi connectivity index (χ3v) is 2.85. The van der Waals surface area contributed by atoms with Crippen LogP contribution in [0, 0.1) is 0 Å². The Bertz CT molecular complexity index is 413. The molecule has 0 saturated carbocycles. The van der Waals surface area contributed by atoms with E-state index in [1.807, 2.05) is 32.0 Å². The first-order chi connectivity index (χ1) is 7.87. The Morgan fingerprint density at radius 3 is 2.76 bits per heavy atom. The summed E-state index contributed by atoms with van der Waals surface area (Å²) in [6.45, 7) is 8.15. The monoisotopic (exact) mass is 235 g/mol. The Morgan fingerprint density at radius 1 is 1.41 bits per heavy atom. The van der Waals surface area contributed by atoms with Gasteiger partial charge in [-0.2, -0.15) is 0 Å². The summed E-state index contributed by atoms with van der Waals surface area (Å²) in [7, 11) is 0. The molecule has 1 unspecified atom stereocenters. The molecule has 1 heterocycles. The molecule has 0 aromatic heterocycles. The van der Waals surface area contributed by atoms with E-state index in [0.29, 0.717) is 0 Å². The topological polar surface area (TPSA) is 44.5 Å². The highest BCUT2D eigenvalue weighted by Crippen LogP contribution is 2.39. The van der Waals surface area contributed by atoms with Crippen molar-refractivity contribution in [1.29, 1.82) is 0 Å². The first kappa shape index (κ1) is 12.2. The molecular formula is C14H21NO2. The van der Waals surface area contributed by atoms with Gasteiger partial charge in [-0.3, -0.25) is 0 Å². The van der Waals surface area contributed by atoms with Crippen LogP contribution in [0.5, 0.6) is 11.5 Å². The Labute approximate surface area is 103 Å². The highest BCUT2D eigenvalue weighted by atomic mass is 16.5. The first-order valence-corrected chi connectivity index (χ1v) is 6.12. The predicted octanol–water partition coefficient (Wildman–Crippen LogP) is 3.03. The number of nitrogens with two attached hydrogens (primary N) is 1. The van der Waals surface area contributed by atoms with E-state index in [-0.39, 0.29) is 17.7 Å². The van der Waals surface area contributed by atoms with Crippen LogP contribution in [0.25, 0.3) is 0 Å². The van der Waals surface area contributed by atoms with Crippen LogP contribution >= 0.6 is 0 Å². The minimum absolute atomic E-state index is 0.0180. The zero-order valence-corrected chi connectivity index (χ0v) is 11.0. The summed E-state index contributed by atoms with van der Waals surface area (Å²) in [5.41, 5.74) is 7.04. The van der Waals surface area contributed by atoms with Crippen LogP contribution in [0.1, 0.15) is 45.7 Å². The van der Waals surface area contributed by atoms with Crippen molar-refractivity contribution in [1.82, 2.24) is 0 Å². The fourth-order valence-electron chi connectivity index (χ4n) is 2.23. The molecule has 17 heavy (non-hydrogen) atoms. The quantitative estimate of drug-likeness (QED) is 0.857. The van der Waals surface area contributed by atoms with E-state index in [1.54, 1.807) is 0 Å². The summed E-state index contributed by atoms with van der Waals surface area (Å²) in [5, 5.41) is 0. The minimum Gasteiger partial charge on any atom is -0.491 e. The van der Waals surface area contributed by atoms with Crippen molar-refractivity contribution in [3.63, 3.8) is 0 Å². The van der Waals surface area contributed by atoms with Crippen LogP contribution in [0.15, 0.2) is 18.2 Å². The molecule has 2 rings (SSSR count). The lowest BCUT2D eigenvalue weighted by molar-refractivity contribution is 0.0725. The van der Waals surface area contributed by atoms with Gasteiger partial charge in [0, 0.05) is 18.0 Å². The second-order valence-corrected chi connectivity index (χ2v) is 5.54. The molecule has 0 aliphatic carbocycles. The number of benzene rings is 1. The molecule has 1 aliphatic rings. The van der Waals surface area contributed by atoms with E-state index in [9.17, 15) is 0 Å². The zero-order chi connectivity index (χ0) is 12.6. The normalized spacial score (nSPS) is 21.9. The summed E-state index contributed by atoms with van der Waals surface area (Å²) in [5.74, 6) is 1.74. The molecule has 0 bridgehead atoms. The Morgan fingerprint density at radius 2 is 2.12 bits per heavy atom. The molecule has 2 N–H and O–H groups in total. The Hall–Kier alpha value is -1.22. The number of hydrogen-bond acceptors (Lipinski definition) is 3. The van der Waals surface area contributed by atoms with Crippen molar-refractivity contribution in [2.75, 3.05) is 0 Å². The van der Waals surface area contributed by atoms with Gasteiger partial charge in [0.25, 0.3) is 0 Å². The molecule has 94 valence electrons. The summed E-state index contributed by atoms with van der Waals surface area (Å²) in [4.78, 5) is 0. The predicted molar refractivity (Wildman–Crippen MR) is 68.5 cm³/mol. The second-order valence-electron chi connectivity index (χ2n) is 5.54. The van der Waals surface area contributed by atoms with Crippen LogP contribution in [0.3, 0.4) is 0 Å². The first-order valence-electron chi connectivity index (χ1n) is 6.12. The molecule has 0 saturated heterocycles. The van der Waals surface area contributed by atoms with Crippen LogP contribution in [-0.4, -0.2) is 11.7 Å². The summed E-state index contributed by atoms with van der Waals surface area (Å²) in [6, 6.07) is 5.90. The average molecular weight is 235 g/mol. The van der Waals surface area contributed by atoms with E-state index < -0.39 is 0 Å². The van der Waals surface area contributed by atoms with E-state index in [1.165, 1.54) is 0 Å². The number of fused-ring (bicyclic) bond motifs is 1. The van der Waals surface area contributed by atoms with Gasteiger partial charge in [-0.25, -0.2) is 0 Å². The van der Waals surface area contributed by atoms with Gasteiger partial charge in [-0.05, 0) is 45.9 Å². The molecule has 3 heteroatoms. The highest BCUT2D eigenvalue weighted by molar-refractivity contribution is 5.44. The smallest absolute Gasteiger partial charge is 0.125 e. The van der Waals surface area contributed by atoms with Crippen molar-refractivity contribution < 1.29 is 9.47 Å². The number of hydrogen-bond donors (Lipinski definition) is 1. The molecular weight excluding hydrogens is 214 g/mol. The zero-order valence-electron chi connectivity index (χ0n) is 11.0. The standard InChI is InChI=1S/C14H21NO2/c1-9(2)16-10-5-6-13-11(7-10)12(15)8-14(3,4)17-13/h5-7,9,12H,8,15H2,1-4H3. The molecule has 0 spiro atoms. The lowest BCUT2D eigenvalue weighted by Crippen LogP contribution is -2.37. The van der Waals surface area contributed by atoms with Crippen molar-refractivity contribution in [3.05, 3.63) is 23.8 Å². The number of ether oxygens (including phenoxy) is 2. The van der Waals surface area contributed by atoms with Gasteiger partial charge in [0.2, 0.25) is 0 Å². The van der Waals surface area contributed by atoms with Gasteiger partial charge in [-0.15, -0.1) is 0 Å². The lowest BCUT2D eigenvalue weighted by Gasteiger charge is -2.36. The fourth-order valence-corrected chi connectivity index (χ4v) is 2.23. The molecule has 1 aliphatic heterocycles. The van der Waals surface area contributed by atoms with Gasteiger partial charge in [0.05, 0.1) is 6.10 Å². The van der Waals surface area contributed by atoms with Gasteiger partial charge in [0.15, 0.2) is 0 Å². The molecule has 1 aromatic carbocycles. The minimum atomic E-state index is -0.188. The van der Waals surface area contributed by atoms with E-state index in [0.717, 1.165) is 23.5 Å². The Kier molecular flexibility index (Phi) is 3.04. The van der Waals surface area contributed by atoms with Crippen molar-refractivity contribution in [2.45, 2.75) is 51.9 Å². The SMILES string of the molecule is CC(C)Oc1ccc2c(c1)C(N)CC(C)(C)O2. The summed E-state index contributed by atoms with van der Waals surface area (Å²) in [6.07, 6.45) is 0.996. The molecule has 0 amide bonds.